The molecule has 1 aliphatic carbocycles. The summed E-state index contributed by atoms with van der Waals surface area (Å²) in [6.45, 7) is 0. The predicted molar refractivity (Wildman–Crippen MR) is 110 cm³/mol. The second-order valence-electron chi connectivity index (χ2n) is 7.90. The highest BCUT2D eigenvalue weighted by molar-refractivity contribution is 6.36. The summed E-state index contributed by atoms with van der Waals surface area (Å²) in [6.07, 6.45) is -4.76. The van der Waals surface area contributed by atoms with Crippen molar-refractivity contribution in [3.8, 4) is 11.1 Å². The van der Waals surface area contributed by atoms with E-state index in [1.54, 1.807) is 12.1 Å². The molecule has 1 amide bonds. The zero-order valence-electron chi connectivity index (χ0n) is 16.0. The average molecular weight is 474 g/mol. The van der Waals surface area contributed by atoms with E-state index in [1.807, 2.05) is 0 Å². The van der Waals surface area contributed by atoms with Crippen molar-refractivity contribution >= 4 is 34.7 Å². The van der Waals surface area contributed by atoms with Crippen molar-refractivity contribution in [2.75, 3.05) is 0 Å². The Morgan fingerprint density at radius 3 is 2.16 bits per heavy atom. The van der Waals surface area contributed by atoms with Crippen LogP contribution in [0, 0.1) is 11.7 Å². The number of hydrogen-bond acceptors (Lipinski definition) is 2. The van der Waals surface area contributed by atoms with Gasteiger partial charge in [-0.3, -0.25) is 4.79 Å². The van der Waals surface area contributed by atoms with Gasteiger partial charge in [0.2, 0.25) is 0 Å². The van der Waals surface area contributed by atoms with Gasteiger partial charge >= 0.3 is 6.18 Å². The first-order valence-corrected chi connectivity index (χ1v) is 10.4. The van der Waals surface area contributed by atoms with Gasteiger partial charge in [0.15, 0.2) is 0 Å². The Morgan fingerprint density at radius 2 is 1.58 bits per heavy atom. The summed E-state index contributed by atoms with van der Waals surface area (Å²) in [5, 5.41) is 13.7. The van der Waals surface area contributed by atoms with Gasteiger partial charge in [-0.1, -0.05) is 35.3 Å². The first-order valence-electron chi connectivity index (χ1n) is 9.60. The van der Waals surface area contributed by atoms with Crippen molar-refractivity contribution in [3.63, 3.8) is 0 Å². The van der Waals surface area contributed by atoms with E-state index in [-0.39, 0.29) is 52.6 Å². The van der Waals surface area contributed by atoms with Gasteiger partial charge in [-0.15, -0.1) is 0 Å². The Hall–Kier alpha value is -2.25. The smallest absolute Gasteiger partial charge is 0.391 e. The fraction of sp³-hybridized carbons (Fsp3) is 0.318. The third kappa shape index (κ3) is 3.89. The maximum atomic E-state index is 13.9. The topological polar surface area (TPSA) is 49.3 Å². The molecule has 164 valence electrons. The number of aliphatic hydroxyl groups is 1. The van der Waals surface area contributed by atoms with Gasteiger partial charge in [-0.25, -0.2) is 4.39 Å². The van der Waals surface area contributed by atoms with Crippen LogP contribution in [0.4, 0.5) is 17.6 Å². The predicted octanol–water partition coefficient (Wildman–Crippen LogP) is 6.69. The van der Waals surface area contributed by atoms with Gasteiger partial charge < -0.3 is 10.4 Å². The lowest BCUT2D eigenvalue weighted by Gasteiger charge is -2.37. The van der Waals surface area contributed by atoms with Crippen LogP contribution in [0.2, 0.25) is 10.0 Å². The van der Waals surface area contributed by atoms with Crippen LogP contribution in [-0.4, -0.2) is 22.7 Å². The fourth-order valence-electron chi connectivity index (χ4n) is 4.31. The summed E-state index contributed by atoms with van der Waals surface area (Å²) >= 11 is 12.0. The quantitative estimate of drug-likeness (QED) is 0.477. The largest absolute Gasteiger partial charge is 0.509 e. The second-order valence-corrected chi connectivity index (χ2v) is 8.71. The standard InChI is InChI=1S/C22H17Cl2F4NO2/c23-15-3-1-11(12-2-4-16(24)17(25)10-12)9-14(15)18-19(30)21(29-20(18)31)7-5-13(6-8-21)22(26,27)28/h1-4,9-10,13,30H,5-8H2,(H,29,31)/t13-,21+. The molecule has 1 saturated carbocycles. The third-order valence-electron chi connectivity index (χ3n) is 6.06. The van der Waals surface area contributed by atoms with Gasteiger partial charge in [-0.05, 0) is 61.1 Å². The summed E-state index contributed by atoms with van der Waals surface area (Å²) < 4.78 is 53.0. The monoisotopic (exact) mass is 473 g/mol. The number of halogens is 6. The van der Waals surface area contributed by atoms with Gasteiger partial charge in [0.25, 0.3) is 5.91 Å². The van der Waals surface area contributed by atoms with Gasteiger partial charge in [0, 0.05) is 10.6 Å². The van der Waals surface area contributed by atoms with Crippen LogP contribution in [-0.2, 0) is 4.79 Å². The lowest BCUT2D eigenvalue weighted by molar-refractivity contribution is -0.184. The van der Waals surface area contributed by atoms with Gasteiger partial charge in [0.05, 0.1) is 22.1 Å². The van der Waals surface area contributed by atoms with Crippen LogP contribution >= 0.6 is 23.2 Å². The summed E-state index contributed by atoms with van der Waals surface area (Å²) in [5.41, 5.74) is -0.0746. The molecule has 1 aliphatic heterocycles. The normalized spacial score (nSPS) is 24.1. The molecule has 0 unspecified atom stereocenters. The van der Waals surface area contributed by atoms with Crippen LogP contribution in [0.3, 0.4) is 0 Å². The minimum Gasteiger partial charge on any atom is -0.509 e. The average Bonchev–Trinajstić information content (AvgIpc) is 2.94. The zero-order valence-corrected chi connectivity index (χ0v) is 17.5. The fourth-order valence-corrected chi connectivity index (χ4v) is 4.64. The van der Waals surface area contributed by atoms with Crippen molar-refractivity contribution in [2.24, 2.45) is 5.92 Å². The highest BCUT2D eigenvalue weighted by atomic mass is 35.5. The molecule has 1 heterocycles. The number of hydrogen-bond donors (Lipinski definition) is 2. The molecule has 4 rings (SSSR count). The number of nitrogens with one attached hydrogen (secondary N) is 1. The van der Waals surface area contributed by atoms with E-state index in [1.165, 1.54) is 24.3 Å². The number of carbonyl (C=O) groups is 1. The van der Waals surface area contributed by atoms with E-state index in [0.717, 1.165) is 0 Å². The maximum absolute atomic E-state index is 13.9. The zero-order chi connectivity index (χ0) is 22.6. The minimum atomic E-state index is -4.31. The Balaban J connectivity index is 1.72. The molecule has 1 spiro atoms. The minimum absolute atomic E-state index is 0.0298. The van der Waals surface area contributed by atoms with E-state index < -0.39 is 29.4 Å². The molecule has 9 heteroatoms. The molecule has 0 aromatic heterocycles. The van der Waals surface area contributed by atoms with E-state index in [2.05, 4.69) is 5.32 Å². The molecule has 3 nitrogen and oxygen atoms in total. The van der Waals surface area contributed by atoms with Gasteiger partial charge in [-0.2, -0.15) is 13.2 Å². The summed E-state index contributed by atoms with van der Waals surface area (Å²) in [7, 11) is 0. The molecule has 2 N–H and O–H groups in total. The van der Waals surface area contributed by atoms with Crippen LogP contribution < -0.4 is 5.32 Å². The first-order chi connectivity index (χ1) is 14.5. The Bertz CT molecular complexity index is 1090. The van der Waals surface area contributed by atoms with Gasteiger partial charge in [0.1, 0.15) is 11.6 Å². The van der Waals surface area contributed by atoms with Crippen molar-refractivity contribution in [2.45, 2.75) is 37.4 Å². The van der Waals surface area contributed by atoms with Crippen molar-refractivity contribution < 1.29 is 27.5 Å². The number of benzene rings is 2. The molecule has 31 heavy (non-hydrogen) atoms. The Kier molecular flexibility index (Phi) is 5.46. The Morgan fingerprint density at radius 1 is 1.00 bits per heavy atom. The van der Waals surface area contributed by atoms with Crippen LogP contribution in [0.25, 0.3) is 16.7 Å². The van der Waals surface area contributed by atoms with Crippen molar-refractivity contribution in [3.05, 3.63) is 63.6 Å². The number of amides is 1. The molecule has 1 fully saturated rings. The molecule has 0 atom stereocenters. The molecule has 0 bridgehead atoms. The molecular weight excluding hydrogens is 457 g/mol. The third-order valence-corrected chi connectivity index (χ3v) is 6.70. The molecule has 2 aromatic rings. The lowest BCUT2D eigenvalue weighted by Crippen LogP contribution is -2.48. The number of rotatable bonds is 2. The SMILES string of the molecule is O=C1N[C@]2(CC[C@@H](C(F)(F)F)CC2)C(O)=C1c1cc(-c2ccc(Cl)c(F)c2)ccc1Cl. The first kappa shape index (κ1) is 22.0. The van der Waals surface area contributed by atoms with E-state index in [4.69, 9.17) is 23.2 Å². The molecule has 2 aliphatic rings. The number of carbonyl (C=O) groups excluding carboxylic acids is 1. The number of aliphatic hydroxyl groups excluding tert-OH is 1. The summed E-state index contributed by atoms with van der Waals surface area (Å²) in [4.78, 5) is 12.7. The molecule has 0 radical (unpaired) electrons. The van der Waals surface area contributed by atoms with E-state index in [9.17, 15) is 27.5 Å². The lowest BCUT2D eigenvalue weighted by atomic mass is 9.75. The van der Waals surface area contributed by atoms with Crippen LogP contribution in [0.1, 0.15) is 31.2 Å². The summed E-state index contributed by atoms with van der Waals surface area (Å²) in [5.74, 6) is -2.99. The highest BCUT2D eigenvalue weighted by Crippen LogP contribution is 2.47. The maximum Gasteiger partial charge on any atom is 0.391 e. The van der Waals surface area contributed by atoms with Crippen LogP contribution in [0.5, 0.6) is 0 Å². The van der Waals surface area contributed by atoms with E-state index in [0.29, 0.717) is 11.1 Å². The Labute approximate surface area is 185 Å². The summed E-state index contributed by atoms with van der Waals surface area (Å²) in [6, 6.07) is 8.91. The molecule has 0 saturated heterocycles. The highest BCUT2D eigenvalue weighted by Gasteiger charge is 2.52. The molecule has 2 aromatic carbocycles. The number of alkyl halides is 3. The second kappa shape index (κ2) is 7.71. The van der Waals surface area contributed by atoms with Crippen LogP contribution in [0.15, 0.2) is 42.2 Å². The van der Waals surface area contributed by atoms with Crippen molar-refractivity contribution in [1.29, 1.82) is 0 Å². The molecular formula is C22H17Cl2F4NO2. The van der Waals surface area contributed by atoms with Crippen molar-refractivity contribution in [1.82, 2.24) is 5.32 Å². The van der Waals surface area contributed by atoms with E-state index >= 15 is 0 Å².